The van der Waals surface area contributed by atoms with Crippen LogP contribution in [-0.2, 0) is 0 Å². The van der Waals surface area contributed by atoms with Gasteiger partial charge in [-0.1, -0.05) is 24.6 Å². The smallest absolute Gasteiger partial charge is 0.220 e. The van der Waals surface area contributed by atoms with Crippen LogP contribution in [0.25, 0.3) is 0 Å². The summed E-state index contributed by atoms with van der Waals surface area (Å²) in [7, 11) is 0. The fraction of sp³-hybridized carbons (Fsp3) is 0.462. The lowest BCUT2D eigenvalue weighted by Gasteiger charge is -2.12. The highest BCUT2D eigenvalue weighted by Gasteiger charge is 2.20. The summed E-state index contributed by atoms with van der Waals surface area (Å²) in [5.41, 5.74) is 8.10. The van der Waals surface area contributed by atoms with Gasteiger partial charge < -0.3 is 5.73 Å². The van der Waals surface area contributed by atoms with Crippen molar-refractivity contribution in [2.75, 3.05) is 0 Å². The van der Waals surface area contributed by atoms with Crippen LogP contribution in [0.2, 0.25) is 0 Å². The van der Waals surface area contributed by atoms with Crippen LogP contribution < -0.4 is 5.73 Å². The van der Waals surface area contributed by atoms with E-state index in [1.54, 1.807) is 0 Å². The van der Waals surface area contributed by atoms with Gasteiger partial charge in [-0.2, -0.15) is 0 Å². The third-order valence-corrected chi connectivity index (χ3v) is 2.79. The zero-order chi connectivity index (χ0) is 11.6. The highest BCUT2D eigenvalue weighted by atomic mass is 16.1. The Morgan fingerprint density at radius 1 is 1.27 bits per heavy atom. The summed E-state index contributed by atoms with van der Waals surface area (Å²) < 4.78 is 0. The molecule has 0 aliphatic rings. The van der Waals surface area contributed by atoms with Crippen LogP contribution >= 0.6 is 0 Å². The maximum absolute atomic E-state index is 12.1. The molecular weight excluding hydrogens is 186 g/mol. The molecule has 0 aromatic heterocycles. The van der Waals surface area contributed by atoms with E-state index >= 15 is 0 Å². The van der Waals surface area contributed by atoms with E-state index in [-0.39, 0.29) is 11.8 Å². The number of ketones is 1. The van der Waals surface area contributed by atoms with Crippen LogP contribution in [0.15, 0.2) is 12.1 Å². The first kappa shape index (κ1) is 11.9. The van der Waals surface area contributed by atoms with E-state index in [4.69, 9.17) is 0 Å². The van der Waals surface area contributed by atoms with E-state index < -0.39 is 0 Å². The highest BCUT2D eigenvalue weighted by molar-refractivity contribution is 6.01. The molecule has 0 spiro atoms. The van der Waals surface area contributed by atoms with Gasteiger partial charge in [-0.25, -0.2) is 0 Å². The molecule has 15 heavy (non-hydrogen) atoms. The molecule has 1 aromatic carbocycles. The standard InChI is InChI=1S/C13H19NO/c1-5-11(14)13(15)12-9(3)6-8(2)7-10(12)4/h6-7,11H,5,14H2,1-4H3/p+1/t11-/m1/s1. The molecule has 0 bridgehead atoms. The Morgan fingerprint density at radius 2 is 1.73 bits per heavy atom. The van der Waals surface area contributed by atoms with E-state index in [9.17, 15) is 4.79 Å². The number of quaternary nitrogens is 1. The third-order valence-electron chi connectivity index (χ3n) is 2.79. The number of aryl methyl sites for hydroxylation is 3. The number of benzene rings is 1. The van der Waals surface area contributed by atoms with E-state index in [0.29, 0.717) is 0 Å². The summed E-state index contributed by atoms with van der Waals surface area (Å²) in [6.07, 6.45) is 0.797. The lowest BCUT2D eigenvalue weighted by Crippen LogP contribution is -2.64. The Balaban J connectivity index is 3.20. The minimum atomic E-state index is -0.120. The second-order valence-corrected chi connectivity index (χ2v) is 4.24. The molecule has 0 unspecified atom stereocenters. The van der Waals surface area contributed by atoms with Crippen molar-refractivity contribution in [3.05, 3.63) is 34.4 Å². The second kappa shape index (κ2) is 4.58. The number of hydrogen-bond donors (Lipinski definition) is 1. The van der Waals surface area contributed by atoms with Gasteiger partial charge in [0.15, 0.2) is 0 Å². The van der Waals surface area contributed by atoms with E-state index in [1.807, 2.05) is 20.8 Å². The average Bonchev–Trinajstić information content (AvgIpc) is 2.14. The molecule has 1 aromatic rings. The van der Waals surface area contributed by atoms with Crippen LogP contribution in [-0.4, -0.2) is 11.8 Å². The molecule has 1 atom stereocenters. The fourth-order valence-corrected chi connectivity index (χ4v) is 1.96. The van der Waals surface area contributed by atoms with E-state index in [2.05, 4.69) is 24.8 Å². The minimum Gasteiger partial charge on any atom is -0.349 e. The normalized spacial score (nSPS) is 12.6. The summed E-state index contributed by atoms with van der Waals surface area (Å²) in [6, 6.07) is 4.00. The first-order valence-corrected chi connectivity index (χ1v) is 5.42. The van der Waals surface area contributed by atoms with Crippen molar-refractivity contribution >= 4 is 5.78 Å². The van der Waals surface area contributed by atoms with Crippen LogP contribution in [0.5, 0.6) is 0 Å². The lowest BCUT2D eigenvalue weighted by atomic mass is 9.93. The molecule has 0 heterocycles. The summed E-state index contributed by atoms with van der Waals surface area (Å²) in [6.45, 7) is 8.04. The van der Waals surface area contributed by atoms with E-state index in [0.717, 1.165) is 23.1 Å². The Labute approximate surface area is 91.5 Å². The molecule has 0 aliphatic heterocycles. The Bertz CT molecular complexity index is 359. The summed E-state index contributed by atoms with van der Waals surface area (Å²) in [5, 5.41) is 0. The van der Waals surface area contributed by atoms with Crippen molar-refractivity contribution in [3.8, 4) is 0 Å². The summed E-state index contributed by atoms with van der Waals surface area (Å²) >= 11 is 0. The molecule has 0 aliphatic carbocycles. The second-order valence-electron chi connectivity index (χ2n) is 4.24. The van der Waals surface area contributed by atoms with Crippen LogP contribution in [0.4, 0.5) is 0 Å². The molecule has 2 nitrogen and oxygen atoms in total. The number of rotatable bonds is 3. The lowest BCUT2D eigenvalue weighted by molar-refractivity contribution is -0.399. The Morgan fingerprint density at radius 3 is 2.13 bits per heavy atom. The van der Waals surface area contributed by atoms with Gasteiger partial charge >= 0.3 is 0 Å². The zero-order valence-corrected chi connectivity index (χ0v) is 10.1. The van der Waals surface area contributed by atoms with Crippen molar-refractivity contribution in [2.45, 2.75) is 40.2 Å². The van der Waals surface area contributed by atoms with Crippen LogP contribution in [0.1, 0.15) is 40.4 Å². The summed E-state index contributed by atoms with van der Waals surface area (Å²) in [5.74, 6) is 0.174. The maximum atomic E-state index is 12.1. The zero-order valence-electron chi connectivity index (χ0n) is 10.1. The average molecular weight is 206 g/mol. The largest absolute Gasteiger partial charge is 0.349 e. The number of carbonyl (C=O) groups is 1. The fourth-order valence-electron chi connectivity index (χ4n) is 1.96. The quantitative estimate of drug-likeness (QED) is 0.753. The molecular formula is C13H20NO+. The molecule has 0 saturated carbocycles. The topological polar surface area (TPSA) is 44.7 Å². The molecule has 2 heteroatoms. The minimum absolute atomic E-state index is 0.120. The Hall–Kier alpha value is -1.15. The first-order valence-electron chi connectivity index (χ1n) is 5.42. The SMILES string of the molecule is CC[C@@H]([NH3+])C(=O)c1c(C)cc(C)cc1C. The van der Waals surface area contributed by atoms with Crippen molar-refractivity contribution in [2.24, 2.45) is 0 Å². The molecule has 0 radical (unpaired) electrons. The van der Waals surface area contributed by atoms with Crippen molar-refractivity contribution < 1.29 is 10.5 Å². The van der Waals surface area contributed by atoms with Gasteiger partial charge in [-0.3, -0.25) is 4.79 Å². The van der Waals surface area contributed by atoms with Gasteiger partial charge in [-0.05, 0) is 31.9 Å². The molecule has 0 amide bonds. The van der Waals surface area contributed by atoms with Crippen molar-refractivity contribution in [1.29, 1.82) is 0 Å². The van der Waals surface area contributed by atoms with Gasteiger partial charge in [0, 0.05) is 12.0 Å². The van der Waals surface area contributed by atoms with Crippen molar-refractivity contribution in [1.82, 2.24) is 0 Å². The first-order chi connectivity index (χ1) is 6.97. The predicted molar refractivity (Wildman–Crippen MR) is 62.0 cm³/mol. The molecule has 0 saturated heterocycles. The monoisotopic (exact) mass is 206 g/mol. The molecule has 3 N–H and O–H groups in total. The third kappa shape index (κ3) is 2.45. The Kier molecular flexibility index (Phi) is 3.64. The van der Waals surface area contributed by atoms with Crippen LogP contribution in [0.3, 0.4) is 0 Å². The number of carbonyl (C=O) groups excluding carboxylic acids is 1. The van der Waals surface area contributed by atoms with Gasteiger partial charge in [-0.15, -0.1) is 0 Å². The highest BCUT2D eigenvalue weighted by Crippen LogP contribution is 2.18. The molecule has 0 fully saturated rings. The van der Waals surface area contributed by atoms with E-state index in [1.165, 1.54) is 5.56 Å². The van der Waals surface area contributed by atoms with Crippen molar-refractivity contribution in [3.63, 3.8) is 0 Å². The van der Waals surface area contributed by atoms with Gasteiger partial charge in [0.1, 0.15) is 6.04 Å². The number of Topliss-reactive ketones (excluding diaryl/α,β-unsaturated/α-hetero) is 1. The van der Waals surface area contributed by atoms with Gasteiger partial charge in [0.05, 0.1) is 0 Å². The van der Waals surface area contributed by atoms with Crippen LogP contribution in [0, 0.1) is 20.8 Å². The maximum Gasteiger partial charge on any atom is 0.220 e. The van der Waals surface area contributed by atoms with Gasteiger partial charge in [0.25, 0.3) is 0 Å². The molecule has 1 rings (SSSR count). The predicted octanol–water partition coefficient (Wildman–Crippen LogP) is 1.82. The molecule has 82 valence electrons. The van der Waals surface area contributed by atoms with Gasteiger partial charge in [0.2, 0.25) is 5.78 Å². The summed E-state index contributed by atoms with van der Waals surface area (Å²) in [4.78, 5) is 12.1. The number of hydrogen-bond acceptors (Lipinski definition) is 1.